The minimum absolute atomic E-state index is 0.139. The van der Waals surface area contributed by atoms with Crippen molar-refractivity contribution < 1.29 is 22.8 Å². The molecule has 6 nitrogen and oxygen atoms in total. The summed E-state index contributed by atoms with van der Waals surface area (Å²) in [5, 5.41) is 11.1. The van der Waals surface area contributed by atoms with Gasteiger partial charge in [-0.2, -0.15) is 5.26 Å². The third kappa shape index (κ3) is 2.96. The Balaban J connectivity index is 1.81. The van der Waals surface area contributed by atoms with Crippen LogP contribution in [0.3, 0.4) is 0 Å². The number of benzene rings is 2. The van der Waals surface area contributed by atoms with E-state index in [1.165, 1.54) is 30.1 Å². The predicted molar refractivity (Wildman–Crippen MR) is 110 cm³/mol. The van der Waals surface area contributed by atoms with Crippen molar-refractivity contribution in [2.45, 2.75) is 24.8 Å². The molecule has 2 aromatic rings. The van der Waals surface area contributed by atoms with Crippen LogP contribution in [0.5, 0.6) is 0 Å². The van der Waals surface area contributed by atoms with Crippen molar-refractivity contribution in [3.63, 3.8) is 0 Å². The van der Waals surface area contributed by atoms with Crippen LogP contribution in [-0.4, -0.2) is 29.5 Å². The molecule has 1 saturated heterocycles. The van der Waals surface area contributed by atoms with Crippen LogP contribution in [0.2, 0.25) is 0 Å². The topological polar surface area (TPSA) is 76.4 Å². The first kappa shape index (κ1) is 20.8. The van der Waals surface area contributed by atoms with Gasteiger partial charge in [0.2, 0.25) is 0 Å². The van der Waals surface area contributed by atoms with E-state index in [4.69, 9.17) is 17.5 Å². The summed E-state index contributed by atoms with van der Waals surface area (Å²) in [4.78, 5) is 27.4. The van der Waals surface area contributed by atoms with Gasteiger partial charge in [0.25, 0.3) is 11.8 Å². The molecular formula is C21H15F3N4O2S. The van der Waals surface area contributed by atoms with E-state index in [-0.39, 0.29) is 16.4 Å². The van der Waals surface area contributed by atoms with Gasteiger partial charge in [-0.05, 0) is 55.7 Å². The van der Waals surface area contributed by atoms with E-state index in [2.05, 4.69) is 5.32 Å². The maximum atomic E-state index is 14.7. The summed E-state index contributed by atoms with van der Waals surface area (Å²) in [5.74, 6) is -3.94. The number of anilines is 2. The van der Waals surface area contributed by atoms with Gasteiger partial charge in [-0.1, -0.05) is 0 Å². The molecule has 1 spiro atoms. The third-order valence-corrected chi connectivity index (χ3v) is 6.04. The van der Waals surface area contributed by atoms with Gasteiger partial charge in [-0.25, -0.2) is 13.2 Å². The number of nitriles is 1. The number of halogens is 3. The summed E-state index contributed by atoms with van der Waals surface area (Å²) < 4.78 is 43.4. The van der Waals surface area contributed by atoms with Crippen LogP contribution in [0.1, 0.15) is 35.2 Å². The molecule has 1 saturated carbocycles. The molecule has 2 fully saturated rings. The van der Waals surface area contributed by atoms with Crippen LogP contribution in [0.25, 0.3) is 0 Å². The molecule has 0 unspecified atom stereocenters. The van der Waals surface area contributed by atoms with E-state index < -0.39 is 46.1 Å². The Morgan fingerprint density at radius 1 is 1.16 bits per heavy atom. The van der Waals surface area contributed by atoms with Gasteiger partial charge in [0.1, 0.15) is 29.1 Å². The average molecular weight is 444 g/mol. The Kier molecular flexibility index (Phi) is 4.94. The van der Waals surface area contributed by atoms with Crippen molar-refractivity contribution in [1.29, 1.82) is 5.26 Å². The number of carbonyl (C=O) groups excluding carboxylic acids is 2. The van der Waals surface area contributed by atoms with E-state index in [1.807, 2.05) is 0 Å². The lowest BCUT2D eigenvalue weighted by Gasteiger charge is -2.43. The number of thiocarbonyl (C=S) groups is 1. The SMILES string of the molecule is CNC(=O)c1ccc(N2C(=S)N(c3cc(F)c(C#N)cc3F)C(=O)C23CCC3)cc1F. The fraction of sp³-hybridized carbons (Fsp3) is 0.238. The zero-order chi connectivity index (χ0) is 22.5. The number of nitrogens with one attached hydrogen (secondary N) is 1. The largest absolute Gasteiger partial charge is 0.355 e. The van der Waals surface area contributed by atoms with Crippen LogP contribution in [-0.2, 0) is 4.79 Å². The van der Waals surface area contributed by atoms with Crippen molar-refractivity contribution in [3.8, 4) is 6.07 Å². The first-order valence-corrected chi connectivity index (χ1v) is 9.75. The summed E-state index contributed by atoms with van der Waals surface area (Å²) in [6.07, 6.45) is 1.48. The lowest BCUT2D eigenvalue weighted by molar-refractivity contribution is -0.123. The second-order valence-corrected chi connectivity index (χ2v) is 7.65. The van der Waals surface area contributed by atoms with Crippen LogP contribution < -0.4 is 15.1 Å². The molecule has 2 aliphatic rings. The smallest absolute Gasteiger partial charge is 0.259 e. The second-order valence-electron chi connectivity index (χ2n) is 7.28. The zero-order valence-electron chi connectivity index (χ0n) is 16.2. The quantitative estimate of drug-likeness (QED) is 0.735. The van der Waals surface area contributed by atoms with E-state index in [0.717, 1.165) is 17.0 Å². The van der Waals surface area contributed by atoms with Crippen LogP contribution in [0, 0.1) is 28.8 Å². The molecule has 0 radical (unpaired) electrons. The van der Waals surface area contributed by atoms with E-state index in [1.54, 1.807) is 0 Å². The highest BCUT2D eigenvalue weighted by molar-refractivity contribution is 7.81. The number of rotatable bonds is 3. The molecule has 0 bridgehead atoms. The molecule has 2 aromatic carbocycles. The van der Waals surface area contributed by atoms with Crippen molar-refractivity contribution in [2.24, 2.45) is 0 Å². The first-order chi connectivity index (χ1) is 14.7. The van der Waals surface area contributed by atoms with E-state index in [9.17, 15) is 22.8 Å². The molecule has 1 aliphatic heterocycles. The highest BCUT2D eigenvalue weighted by atomic mass is 32.1. The molecule has 2 amide bonds. The van der Waals surface area contributed by atoms with Gasteiger partial charge in [0, 0.05) is 18.8 Å². The Morgan fingerprint density at radius 3 is 2.42 bits per heavy atom. The number of carbonyl (C=O) groups is 2. The summed E-state index contributed by atoms with van der Waals surface area (Å²) >= 11 is 5.44. The van der Waals surface area contributed by atoms with Crippen LogP contribution in [0.4, 0.5) is 24.5 Å². The first-order valence-electron chi connectivity index (χ1n) is 9.34. The summed E-state index contributed by atoms with van der Waals surface area (Å²) in [7, 11) is 1.37. The zero-order valence-corrected chi connectivity index (χ0v) is 17.0. The Morgan fingerprint density at radius 2 is 1.87 bits per heavy atom. The van der Waals surface area contributed by atoms with Crippen LogP contribution in [0.15, 0.2) is 30.3 Å². The second kappa shape index (κ2) is 7.35. The molecule has 10 heteroatoms. The Bertz CT molecular complexity index is 1190. The van der Waals surface area contributed by atoms with Gasteiger partial charge in [0.05, 0.1) is 16.8 Å². The van der Waals surface area contributed by atoms with Crippen molar-refractivity contribution in [3.05, 3.63) is 58.9 Å². The monoisotopic (exact) mass is 444 g/mol. The average Bonchev–Trinajstić information content (AvgIpc) is 2.95. The van der Waals surface area contributed by atoms with Crippen molar-refractivity contribution >= 4 is 40.5 Å². The van der Waals surface area contributed by atoms with Gasteiger partial charge in [-0.15, -0.1) is 0 Å². The lowest BCUT2D eigenvalue weighted by Crippen LogP contribution is -2.55. The highest BCUT2D eigenvalue weighted by Gasteiger charge is 2.60. The fourth-order valence-electron chi connectivity index (χ4n) is 3.95. The van der Waals surface area contributed by atoms with Gasteiger partial charge >= 0.3 is 0 Å². The molecular weight excluding hydrogens is 429 g/mol. The number of hydrogen-bond acceptors (Lipinski definition) is 4. The minimum Gasteiger partial charge on any atom is -0.355 e. The maximum Gasteiger partial charge on any atom is 0.259 e. The van der Waals surface area contributed by atoms with Crippen molar-refractivity contribution in [2.75, 3.05) is 16.8 Å². The van der Waals surface area contributed by atoms with Gasteiger partial charge in [0.15, 0.2) is 5.11 Å². The fourth-order valence-corrected chi connectivity index (χ4v) is 4.41. The molecule has 158 valence electrons. The lowest BCUT2D eigenvalue weighted by atomic mass is 9.75. The molecule has 0 atom stereocenters. The van der Waals surface area contributed by atoms with E-state index in [0.29, 0.717) is 25.3 Å². The molecule has 0 aromatic heterocycles. The minimum atomic E-state index is -1.14. The normalized spacial score (nSPS) is 17.0. The molecule has 4 rings (SSSR count). The summed E-state index contributed by atoms with van der Waals surface area (Å²) in [5.41, 5.74) is -2.01. The third-order valence-electron chi connectivity index (χ3n) is 5.67. The number of hydrogen-bond donors (Lipinski definition) is 1. The number of nitrogens with zero attached hydrogens (tertiary/aromatic N) is 3. The highest BCUT2D eigenvalue weighted by Crippen LogP contribution is 2.48. The molecule has 1 aliphatic carbocycles. The van der Waals surface area contributed by atoms with Crippen molar-refractivity contribution in [1.82, 2.24) is 5.32 Å². The van der Waals surface area contributed by atoms with Crippen LogP contribution >= 0.6 is 12.2 Å². The molecule has 1 heterocycles. The standard InChI is InChI=1S/C21H15F3N4O2S/c1-26-18(29)13-4-3-12(8-15(13)23)28-20(31)27(19(30)21(28)5-2-6-21)17-9-14(22)11(10-25)7-16(17)24/h3-4,7-9H,2,5-6H2,1H3,(H,26,29). The number of amides is 2. The van der Waals surface area contributed by atoms with Gasteiger partial charge < -0.3 is 10.2 Å². The Labute approximate surface area is 180 Å². The van der Waals surface area contributed by atoms with Gasteiger partial charge in [-0.3, -0.25) is 14.5 Å². The summed E-state index contributed by atoms with van der Waals surface area (Å²) in [6.45, 7) is 0. The van der Waals surface area contributed by atoms with E-state index >= 15 is 0 Å². The Hall–Kier alpha value is -3.45. The maximum absolute atomic E-state index is 14.7. The molecule has 31 heavy (non-hydrogen) atoms. The predicted octanol–water partition coefficient (Wildman–Crippen LogP) is 3.40. The summed E-state index contributed by atoms with van der Waals surface area (Å²) in [6, 6.07) is 6.80. The molecule has 1 N–H and O–H groups in total.